The predicted octanol–water partition coefficient (Wildman–Crippen LogP) is 4.74. The Labute approximate surface area is 224 Å². The fourth-order valence-electron chi connectivity index (χ4n) is 4.75. The topological polar surface area (TPSA) is 75.5 Å². The highest BCUT2D eigenvalue weighted by atomic mass is 32.1. The van der Waals surface area contributed by atoms with Gasteiger partial charge in [0.2, 0.25) is 0 Å². The standard InChI is InChI=1S/C26H33F3N6O2S/c1-6-19-22(31-20-14-34(15-21(20)37-8-3)25-30-11-12-38-25)24(36)35(7-2)23(32-19)17-10-9-16(33(4)5)13-18(17)26(27,28)29/h9-13,20-21,31H,6-8,14-15H2,1-5H3/t20-,21-/m1/s1. The number of anilines is 3. The number of benzene rings is 1. The summed E-state index contributed by atoms with van der Waals surface area (Å²) in [7, 11) is 3.36. The van der Waals surface area contributed by atoms with Gasteiger partial charge in [-0.2, -0.15) is 13.2 Å². The molecule has 1 saturated heterocycles. The van der Waals surface area contributed by atoms with Gasteiger partial charge in [0.05, 0.1) is 23.4 Å². The van der Waals surface area contributed by atoms with Crippen LogP contribution in [-0.4, -0.2) is 60.5 Å². The molecule has 206 valence electrons. The molecule has 1 aliphatic heterocycles. The minimum atomic E-state index is -4.62. The Morgan fingerprint density at radius 2 is 1.97 bits per heavy atom. The van der Waals surface area contributed by atoms with Gasteiger partial charge < -0.3 is 19.9 Å². The lowest BCUT2D eigenvalue weighted by Gasteiger charge is -2.24. The first kappa shape index (κ1) is 27.9. The molecule has 1 aliphatic rings. The molecule has 0 amide bonds. The molecule has 4 rings (SSSR count). The molecule has 2 atom stereocenters. The molecular formula is C26H33F3N6O2S. The van der Waals surface area contributed by atoms with Crippen molar-refractivity contribution in [1.82, 2.24) is 14.5 Å². The quantitative estimate of drug-likeness (QED) is 0.413. The highest BCUT2D eigenvalue weighted by Crippen LogP contribution is 2.39. The lowest BCUT2D eigenvalue weighted by atomic mass is 10.0. The van der Waals surface area contributed by atoms with E-state index >= 15 is 0 Å². The zero-order valence-electron chi connectivity index (χ0n) is 22.2. The number of aromatic nitrogens is 3. The molecule has 0 bridgehead atoms. The van der Waals surface area contributed by atoms with Crippen LogP contribution in [0.5, 0.6) is 0 Å². The monoisotopic (exact) mass is 550 g/mol. The molecule has 38 heavy (non-hydrogen) atoms. The summed E-state index contributed by atoms with van der Waals surface area (Å²) >= 11 is 1.53. The maximum atomic E-state index is 14.1. The summed E-state index contributed by atoms with van der Waals surface area (Å²) < 4.78 is 49.7. The average molecular weight is 551 g/mol. The fourth-order valence-corrected chi connectivity index (χ4v) is 5.41. The Morgan fingerprint density at radius 1 is 1.21 bits per heavy atom. The van der Waals surface area contributed by atoms with Crippen molar-refractivity contribution >= 4 is 27.8 Å². The van der Waals surface area contributed by atoms with Crippen LogP contribution >= 0.6 is 11.3 Å². The molecule has 0 unspecified atom stereocenters. The molecule has 0 radical (unpaired) electrons. The Morgan fingerprint density at radius 3 is 2.55 bits per heavy atom. The van der Waals surface area contributed by atoms with Gasteiger partial charge in [0.1, 0.15) is 11.5 Å². The summed E-state index contributed by atoms with van der Waals surface area (Å²) in [5.74, 6) is 0.00900. The SMILES string of the molecule is CCO[C@@H]1CN(c2nccs2)C[C@H]1Nc1c(CC)nc(-c2ccc(N(C)C)cc2C(F)(F)F)n(CC)c1=O. The summed E-state index contributed by atoms with van der Waals surface area (Å²) in [4.78, 5) is 26.5. The molecule has 1 aromatic carbocycles. The largest absolute Gasteiger partial charge is 0.417 e. The van der Waals surface area contributed by atoms with E-state index in [-0.39, 0.29) is 30.1 Å². The zero-order chi connectivity index (χ0) is 27.6. The third-order valence-electron chi connectivity index (χ3n) is 6.63. The first-order chi connectivity index (χ1) is 18.1. The highest BCUT2D eigenvalue weighted by Gasteiger charge is 2.37. The van der Waals surface area contributed by atoms with Crippen LogP contribution in [0.25, 0.3) is 11.4 Å². The van der Waals surface area contributed by atoms with Crippen LogP contribution in [0.15, 0.2) is 34.6 Å². The number of hydrogen-bond donors (Lipinski definition) is 1. The van der Waals surface area contributed by atoms with Crippen molar-refractivity contribution < 1.29 is 17.9 Å². The van der Waals surface area contributed by atoms with E-state index in [0.717, 1.165) is 11.2 Å². The predicted molar refractivity (Wildman–Crippen MR) is 145 cm³/mol. The lowest BCUT2D eigenvalue weighted by Crippen LogP contribution is -2.38. The molecule has 12 heteroatoms. The van der Waals surface area contributed by atoms with Crippen LogP contribution < -0.4 is 20.7 Å². The number of nitrogens with one attached hydrogen (secondary N) is 1. The molecule has 0 spiro atoms. The first-order valence-corrected chi connectivity index (χ1v) is 13.5. The maximum absolute atomic E-state index is 14.1. The molecule has 3 aromatic rings. The molecule has 3 heterocycles. The third-order valence-corrected chi connectivity index (χ3v) is 7.46. The van der Waals surface area contributed by atoms with Crippen LogP contribution in [0.4, 0.5) is 29.7 Å². The van der Waals surface area contributed by atoms with E-state index < -0.39 is 17.3 Å². The molecule has 8 nitrogen and oxygen atoms in total. The van der Waals surface area contributed by atoms with Gasteiger partial charge >= 0.3 is 6.18 Å². The summed E-state index contributed by atoms with van der Waals surface area (Å²) in [6.07, 6.45) is -2.70. The van der Waals surface area contributed by atoms with Crippen LogP contribution in [0.2, 0.25) is 0 Å². The van der Waals surface area contributed by atoms with E-state index in [4.69, 9.17) is 4.74 Å². The molecule has 1 fully saturated rings. The van der Waals surface area contributed by atoms with E-state index in [0.29, 0.717) is 43.2 Å². The number of nitrogens with zero attached hydrogens (tertiary/aromatic N) is 5. The minimum Gasteiger partial charge on any atom is -0.378 e. The summed E-state index contributed by atoms with van der Waals surface area (Å²) in [5.41, 5.74) is -0.219. The third kappa shape index (κ3) is 5.51. The van der Waals surface area contributed by atoms with E-state index in [1.54, 1.807) is 38.2 Å². The molecule has 1 N–H and O–H groups in total. The van der Waals surface area contributed by atoms with Crippen LogP contribution in [-0.2, 0) is 23.9 Å². The Hall–Kier alpha value is -3.12. The lowest BCUT2D eigenvalue weighted by molar-refractivity contribution is -0.137. The zero-order valence-corrected chi connectivity index (χ0v) is 23.0. The molecule has 0 aliphatic carbocycles. The molecule has 2 aromatic heterocycles. The van der Waals surface area contributed by atoms with E-state index in [1.807, 2.05) is 19.2 Å². The van der Waals surface area contributed by atoms with Gasteiger partial charge in [0, 0.05) is 63.2 Å². The van der Waals surface area contributed by atoms with E-state index in [2.05, 4.69) is 20.2 Å². The van der Waals surface area contributed by atoms with Gasteiger partial charge in [0.15, 0.2) is 5.13 Å². The molecule has 0 saturated carbocycles. The van der Waals surface area contributed by atoms with Crippen molar-refractivity contribution in [3.05, 3.63) is 51.4 Å². The van der Waals surface area contributed by atoms with Gasteiger partial charge in [-0.3, -0.25) is 9.36 Å². The van der Waals surface area contributed by atoms with Gasteiger partial charge in [-0.1, -0.05) is 6.92 Å². The fraction of sp³-hybridized carbons (Fsp3) is 0.500. The normalized spacial score (nSPS) is 17.7. The maximum Gasteiger partial charge on any atom is 0.417 e. The van der Waals surface area contributed by atoms with Gasteiger partial charge in [0.25, 0.3) is 5.56 Å². The van der Waals surface area contributed by atoms with Crippen LogP contribution in [0, 0.1) is 0 Å². The second-order valence-electron chi connectivity index (χ2n) is 9.25. The number of ether oxygens (including phenoxy) is 1. The Balaban J connectivity index is 1.78. The minimum absolute atomic E-state index is 0.00900. The van der Waals surface area contributed by atoms with E-state index in [9.17, 15) is 18.0 Å². The van der Waals surface area contributed by atoms with Gasteiger partial charge in [-0.15, -0.1) is 11.3 Å². The van der Waals surface area contributed by atoms with Gasteiger partial charge in [-0.25, -0.2) is 9.97 Å². The smallest absolute Gasteiger partial charge is 0.378 e. The van der Waals surface area contributed by atoms with Crippen molar-refractivity contribution in [2.24, 2.45) is 0 Å². The number of thiazole rings is 1. The summed E-state index contributed by atoms with van der Waals surface area (Å²) in [5, 5.41) is 6.14. The highest BCUT2D eigenvalue weighted by molar-refractivity contribution is 7.13. The second-order valence-corrected chi connectivity index (χ2v) is 10.1. The Bertz CT molecular complexity index is 1310. The van der Waals surface area contributed by atoms with Crippen molar-refractivity contribution in [3.8, 4) is 11.4 Å². The van der Waals surface area contributed by atoms with Crippen molar-refractivity contribution in [1.29, 1.82) is 0 Å². The van der Waals surface area contributed by atoms with Crippen LogP contribution in [0.3, 0.4) is 0 Å². The summed E-state index contributed by atoms with van der Waals surface area (Å²) in [6, 6.07) is 3.87. The van der Waals surface area contributed by atoms with E-state index in [1.165, 1.54) is 22.0 Å². The number of halogens is 3. The molecular weight excluding hydrogens is 517 g/mol. The number of aryl methyl sites for hydroxylation is 1. The summed E-state index contributed by atoms with van der Waals surface area (Å²) in [6.45, 7) is 7.34. The Kier molecular flexibility index (Phi) is 8.31. The number of alkyl halides is 3. The first-order valence-electron chi connectivity index (χ1n) is 12.6. The second kappa shape index (κ2) is 11.3. The number of hydrogen-bond acceptors (Lipinski definition) is 8. The van der Waals surface area contributed by atoms with Gasteiger partial charge in [-0.05, 0) is 38.5 Å². The van der Waals surface area contributed by atoms with Crippen LogP contribution in [0.1, 0.15) is 32.0 Å². The van der Waals surface area contributed by atoms with Crippen molar-refractivity contribution in [3.63, 3.8) is 0 Å². The van der Waals surface area contributed by atoms with Crippen molar-refractivity contribution in [2.75, 3.05) is 48.9 Å². The van der Waals surface area contributed by atoms with Crippen molar-refractivity contribution in [2.45, 2.75) is 52.1 Å². The number of rotatable bonds is 9. The average Bonchev–Trinajstić information content (AvgIpc) is 3.55.